The molecule has 0 unspecified atom stereocenters. The Balaban J connectivity index is 2.23. The van der Waals surface area contributed by atoms with Crippen molar-refractivity contribution >= 4 is 11.6 Å². The van der Waals surface area contributed by atoms with E-state index in [1.165, 1.54) is 12.8 Å². The molecule has 1 aliphatic rings. The average molecular weight is 270 g/mol. The van der Waals surface area contributed by atoms with E-state index >= 15 is 0 Å². The summed E-state index contributed by atoms with van der Waals surface area (Å²) < 4.78 is 11.3. The van der Waals surface area contributed by atoms with E-state index in [-0.39, 0.29) is 0 Å². The average Bonchev–Trinajstić information content (AvgIpc) is 2.82. The second kappa shape index (κ2) is 6.30. The van der Waals surface area contributed by atoms with Crippen LogP contribution in [0.3, 0.4) is 0 Å². The van der Waals surface area contributed by atoms with Crippen LogP contribution in [0, 0.1) is 0 Å². The van der Waals surface area contributed by atoms with Crippen LogP contribution in [-0.4, -0.2) is 19.8 Å². The maximum absolute atomic E-state index is 6.21. The Kier molecular flexibility index (Phi) is 4.72. The summed E-state index contributed by atoms with van der Waals surface area (Å²) in [4.78, 5) is 0. The van der Waals surface area contributed by atoms with Crippen molar-refractivity contribution in [2.45, 2.75) is 38.2 Å². The number of nitrogens with two attached hydrogens (primary N) is 1. The molecule has 1 fully saturated rings. The fraction of sp³-hybridized carbons (Fsp3) is 0.571. The normalized spacial score (nSPS) is 15.9. The van der Waals surface area contributed by atoms with Gasteiger partial charge >= 0.3 is 0 Å². The zero-order valence-electron chi connectivity index (χ0n) is 10.7. The van der Waals surface area contributed by atoms with Crippen molar-refractivity contribution in [3.8, 4) is 11.5 Å². The minimum atomic E-state index is 0.295. The van der Waals surface area contributed by atoms with Gasteiger partial charge in [0.05, 0.1) is 18.2 Å². The van der Waals surface area contributed by atoms with Crippen molar-refractivity contribution in [2.75, 3.05) is 13.7 Å². The number of hydrogen-bond acceptors (Lipinski definition) is 3. The molecule has 1 aromatic rings. The summed E-state index contributed by atoms with van der Waals surface area (Å²) in [6.45, 7) is 0.603. The van der Waals surface area contributed by atoms with Gasteiger partial charge in [-0.15, -0.1) is 0 Å². The highest BCUT2D eigenvalue weighted by Crippen LogP contribution is 2.38. The molecule has 3 nitrogen and oxygen atoms in total. The van der Waals surface area contributed by atoms with E-state index in [2.05, 4.69) is 0 Å². The van der Waals surface area contributed by atoms with Gasteiger partial charge in [-0.2, -0.15) is 0 Å². The number of methoxy groups -OCH3 is 1. The van der Waals surface area contributed by atoms with Crippen LogP contribution in [0.4, 0.5) is 0 Å². The molecule has 0 aromatic heterocycles. The number of ether oxygens (including phenoxy) is 2. The molecule has 1 aliphatic carbocycles. The Morgan fingerprint density at radius 2 is 2.06 bits per heavy atom. The van der Waals surface area contributed by atoms with Crippen LogP contribution >= 0.6 is 11.6 Å². The third-order valence-corrected chi connectivity index (χ3v) is 3.58. The van der Waals surface area contributed by atoms with Crippen molar-refractivity contribution in [1.29, 1.82) is 0 Å². The molecular formula is C14H20ClNO2. The monoisotopic (exact) mass is 269 g/mol. The fourth-order valence-electron chi connectivity index (χ4n) is 2.40. The summed E-state index contributed by atoms with van der Waals surface area (Å²) in [6.07, 6.45) is 5.80. The van der Waals surface area contributed by atoms with Crippen molar-refractivity contribution in [2.24, 2.45) is 5.73 Å². The van der Waals surface area contributed by atoms with E-state index in [9.17, 15) is 0 Å². The minimum absolute atomic E-state index is 0.295. The van der Waals surface area contributed by atoms with E-state index < -0.39 is 0 Å². The lowest BCUT2D eigenvalue weighted by molar-refractivity contribution is 0.200. The molecule has 2 N–H and O–H groups in total. The van der Waals surface area contributed by atoms with Gasteiger partial charge in [0.25, 0.3) is 0 Å². The third-order valence-electron chi connectivity index (χ3n) is 3.30. The Bertz CT molecular complexity index is 403. The zero-order valence-corrected chi connectivity index (χ0v) is 11.5. The molecule has 1 saturated carbocycles. The van der Waals surface area contributed by atoms with E-state index in [1.54, 1.807) is 7.11 Å². The van der Waals surface area contributed by atoms with E-state index in [0.29, 0.717) is 23.4 Å². The molecule has 18 heavy (non-hydrogen) atoms. The zero-order chi connectivity index (χ0) is 13.0. The standard InChI is InChI=1S/C14H20ClNO2/c1-17-14-12(15)8-10(6-7-16)9-13(14)18-11-4-2-3-5-11/h8-9,11H,2-7,16H2,1H3. The molecule has 4 heteroatoms. The molecule has 0 heterocycles. The smallest absolute Gasteiger partial charge is 0.179 e. The van der Waals surface area contributed by atoms with Gasteiger partial charge in [0.1, 0.15) is 0 Å². The lowest BCUT2D eigenvalue weighted by atomic mass is 10.1. The van der Waals surface area contributed by atoms with Crippen molar-refractivity contribution < 1.29 is 9.47 Å². The summed E-state index contributed by atoms with van der Waals surface area (Å²) in [7, 11) is 1.62. The van der Waals surface area contributed by atoms with Crippen LogP contribution < -0.4 is 15.2 Å². The Morgan fingerprint density at radius 3 is 2.67 bits per heavy atom. The second-order valence-corrected chi connectivity index (χ2v) is 5.08. The maximum atomic E-state index is 6.21. The highest BCUT2D eigenvalue weighted by atomic mass is 35.5. The van der Waals surface area contributed by atoms with Crippen LogP contribution in [0.25, 0.3) is 0 Å². The number of halogens is 1. The SMILES string of the molecule is COc1c(Cl)cc(CCN)cc1OC1CCCC1. The largest absolute Gasteiger partial charge is 0.491 e. The number of benzene rings is 1. The van der Waals surface area contributed by atoms with Gasteiger partial charge in [-0.3, -0.25) is 0 Å². The predicted octanol–water partition coefficient (Wildman–Crippen LogP) is 3.17. The van der Waals surface area contributed by atoms with Gasteiger partial charge in [0.15, 0.2) is 11.5 Å². The first-order valence-electron chi connectivity index (χ1n) is 6.47. The van der Waals surface area contributed by atoms with E-state index in [1.807, 2.05) is 12.1 Å². The molecule has 1 aromatic carbocycles. The highest BCUT2D eigenvalue weighted by molar-refractivity contribution is 6.32. The molecule has 0 bridgehead atoms. The number of rotatable bonds is 5. The second-order valence-electron chi connectivity index (χ2n) is 4.67. The van der Waals surface area contributed by atoms with Gasteiger partial charge in [0.2, 0.25) is 0 Å². The molecule has 0 spiro atoms. The Labute approximate surface area is 113 Å². The molecule has 0 aliphatic heterocycles. The van der Waals surface area contributed by atoms with Gasteiger partial charge in [-0.25, -0.2) is 0 Å². The molecule has 0 radical (unpaired) electrons. The molecule has 100 valence electrons. The van der Waals surface area contributed by atoms with Crippen molar-refractivity contribution in [3.05, 3.63) is 22.7 Å². The topological polar surface area (TPSA) is 44.5 Å². The molecular weight excluding hydrogens is 250 g/mol. The molecule has 2 rings (SSSR count). The summed E-state index contributed by atoms with van der Waals surface area (Å²) in [5.74, 6) is 1.38. The Morgan fingerprint density at radius 1 is 1.33 bits per heavy atom. The summed E-state index contributed by atoms with van der Waals surface area (Å²) in [5, 5.41) is 0.594. The first-order valence-corrected chi connectivity index (χ1v) is 6.85. The van der Waals surface area contributed by atoms with Crippen molar-refractivity contribution in [3.63, 3.8) is 0 Å². The minimum Gasteiger partial charge on any atom is -0.491 e. The summed E-state index contributed by atoms with van der Waals surface area (Å²) >= 11 is 6.21. The van der Waals surface area contributed by atoms with Gasteiger partial charge in [-0.1, -0.05) is 11.6 Å². The van der Waals surface area contributed by atoms with Crippen LogP contribution in [0.15, 0.2) is 12.1 Å². The first-order chi connectivity index (χ1) is 8.74. The highest BCUT2D eigenvalue weighted by Gasteiger charge is 2.20. The maximum Gasteiger partial charge on any atom is 0.179 e. The van der Waals surface area contributed by atoms with Crippen LogP contribution in [0.1, 0.15) is 31.2 Å². The summed E-state index contributed by atoms with van der Waals surface area (Å²) in [6, 6.07) is 3.89. The van der Waals surface area contributed by atoms with E-state index in [4.69, 9.17) is 26.8 Å². The molecule has 0 amide bonds. The Hall–Kier alpha value is -0.930. The van der Waals surface area contributed by atoms with E-state index in [0.717, 1.165) is 30.6 Å². The van der Waals surface area contributed by atoms with Crippen LogP contribution in [-0.2, 0) is 6.42 Å². The fourth-order valence-corrected chi connectivity index (χ4v) is 2.71. The van der Waals surface area contributed by atoms with Gasteiger partial charge < -0.3 is 15.2 Å². The number of hydrogen-bond donors (Lipinski definition) is 1. The third kappa shape index (κ3) is 3.09. The molecule has 0 atom stereocenters. The van der Waals surface area contributed by atoms with Crippen LogP contribution in [0.5, 0.6) is 11.5 Å². The first kappa shape index (κ1) is 13.5. The molecule has 0 saturated heterocycles. The van der Waals surface area contributed by atoms with Gasteiger partial charge in [0, 0.05) is 0 Å². The predicted molar refractivity (Wildman–Crippen MR) is 73.6 cm³/mol. The van der Waals surface area contributed by atoms with Crippen LogP contribution in [0.2, 0.25) is 5.02 Å². The lowest BCUT2D eigenvalue weighted by Crippen LogP contribution is -2.12. The summed E-state index contributed by atoms with van der Waals surface area (Å²) in [5.41, 5.74) is 6.67. The lowest BCUT2D eigenvalue weighted by Gasteiger charge is -2.18. The quantitative estimate of drug-likeness (QED) is 0.893. The van der Waals surface area contributed by atoms with Crippen molar-refractivity contribution in [1.82, 2.24) is 0 Å². The van der Waals surface area contributed by atoms with Gasteiger partial charge in [-0.05, 0) is 56.3 Å².